The van der Waals surface area contributed by atoms with E-state index >= 15 is 0 Å². The van der Waals surface area contributed by atoms with Crippen molar-refractivity contribution in [3.05, 3.63) is 17.5 Å². The topological polar surface area (TPSA) is 105 Å². The summed E-state index contributed by atoms with van der Waals surface area (Å²) in [6, 6.07) is 3.29. The first-order valence-corrected chi connectivity index (χ1v) is 10.1. The molecule has 1 saturated heterocycles. The second-order valence-corrected chi connectivity index (χ2v) is 8.75. The smallest absolute Gasteiger partial charge is 0.309 e. The van der Waals surface area contributed by atoms with E-state index in [1.165, 1.54) is 10.4 Å². The fourth-order valence-electron chi connectivity index (χ4n) is 2.37. The van der Waals surface area contributed by atoms with E-state index in [1.54, 1.807) is 11.4 Å². The third-order valence-electron chi connectivity index (χ3n) is 3.77. The molecule has 132 valence electrons. The fourth-order valence-corrected chi connectivity index (χ4v) is 5.05. The molecule has 1 saturated carbocycles. The number of sulfonamides is 1. The Bertz CT molecular complexity index is 700. The summed E-state index contributed by atoms with van der Waals surface area (Å²) >= 11 is 1.13. The monoisotopic (exact) mass is 373 g/mol. The molecule has 0 aromatic carbocycles. The maximum Gasteiger partial charge on any atom is 0.309 e. The molecular weight excluding hydrogens is 354 g/mol. The lowest BCUT2D eigenvalue weighted by Gasteiger charge is -2.34. The van der Waals surface area contributed by atoms with Gasteiger partial charge in [0.1, 0.15) is 10.4 Å². The van der Waals surface area contributed by atoms with Crippen LogP contribution in [-0.4, -0.2) is 56.5 Å². The Balaban J connectivity index is 1.62. The molecule has 24 heavy (non-hydrogen) atoms. The molecule has 2 amide bonds. The second-order valence-electron chi connectivity index (χ2n) is 5.68. The quantitative estimate of drug-likeness (QED) is 0.700. The summed E-state index contributed by atoms with van der Waals surface area (Å²) in [5.41, 5.74) is 0. The molecule has 0 spiro atoms. The summed E-state index contributed by atoms with van der Waals surface area (Å²) in [5.74, 6) is -1.47. The molecule has 1 aliphatic heterocycles. The maximum atomic E-state index is 12.7. The van der Waals surface area contributed by atoms with Crippen LogP contribution in [0.25, 0.3) is 0 Å². The number of amides is 2. The molecule has 2 heterocycles. The number of hydrogen-bond donors (Lipinski definition) is 2. The molecule has 1 unspecified atom stereocenters. The van der Waals surface area contributed by atoms with E-state index in [0.29, 0.717) is 19.6 Å². The van der Waals surface area contributed by atoms with Gasteiger partial charge in [0.05, 0.1) is 13.2 Å². The van der Waals surface area contributed by atoms with Gasteiger partial charge in [0.2, 0.25) is 0 Å². The fraction of sp³-hybridized carbons (Fsp3) is 0.571. The molecule has 1 aromatic rings. The van der Waals surface area contributed by atoms with Gasteiger partial charge < -0.3 is 15.4 Å². The minimum Gasteiger partial charge on any atom is -0.360 e. The Hall–Kier alpha value is -1.49. The Kier molecular flexibility index (Phi) is 5.18. The zero-order valence-corrected chi connectivity index (χ0v) is 14.6. The third kappa shape index (κ3) is 3.94. The number of rotatable bonds is 5. The van der Waals surface area contributed by atoms with Crippen LogP contribution in [0.2, 0.25) is 0 Å². The second kappa shape index (κ2) is 7.18. The highest BCUT2D eigenvalue weighted by atomic mass is 32.2. The van der Waals surface area contributed by atoms with E-state index in [9.17, 15) is 18.0 Å². The molecule has 2 aliphatic rings. The zero-order valence-electron chi connectivity index (χ0n) is 12.9. The van der Waals surface area contributed by atoms with Crippen LogP contribution in [0.1, 0.15) is 19.3 Å². The highest BCUT2D eigenvalue weighted by Crippen LogP contribution is 2.25. The van der Waals surface area contributed by atoms with Gasteiger partial charge in [-0.15, -0.1) is 11.3 Å². The summed E-state index contributed by atoms with van der Waals surface area (Å²) in [6.07, 6.45) is 1.54. The zero-order chi connectivity index (χ0) is 17.2. The molecule has 1 atom stereocenters. The summed E-state index contributed by atoms with van der Waals surface area (Å²) in [6.45, 7) is 0.655. The average molecular weight is 373 g/mol. The van der Waals surface area contributed by atoms with Gasteiger partial charge in [-0.2, -0.15) is 4.31 Å². The first kappa shape index (κ1) is 17.3. The van der Waals surface area contributed by atoms with Crippen molar-refractivity contribution in [1.82, 2.24) is 14.9 Å². The summed E-state index contributed by atoms with van der Waals surface area (Å²) in [4.78, 5) is 23.4. The number of nitrogens with zero attached hydrogens (tertiary/aromatic N) is 1. The van der Waals surface area contributed by atoms with Crippen molar-refractivity contribution in [1.29, 1.82) is 0 Å². The Labute approximate surface area is 144 Å². The molecule has 0 radical (unpaired) electrons. The van der Waals surface area contributed by atoms with Crippen molar-refractivity contribution < 1.29 is 22.7 Å². The van der Waals surface area contributed by atoms with Crippen LogP contribution in [0, 0.1) is 0 Å². The molecule has 8 nitrogen and oxygen atoms in total. The Morgan fingerprint density at radius 2 is 2.12 bits per heavy atom. The van der Waals surface area contributed by atoms with Crippen molar-refractivity contribution in [3.63, 3.8) is 0 Å². The number of ether oxygens (including phenoxy) is 1. The van der Waals surface area contributed by atoms with Gasteiger partial charge in [-0.25, -0.2) is 8.42 Å². The number of hydrogen-bond acceptors (Lipinski definition) is 6. The van der Waals surface area contributed by atoms with Gasteiger partial charge in [0.25, 0.3) is 10.0 Å². The highest BCUT2D eigenvalue weighted by Gasteiger charge is 2.35. The van der Waals surface area contributed by atoms with E-state index in [2.05, 4.69) is 10.6 Å². The first-order chi connectivity index (χ1) is 11.5. The van der Waals surface area contributed by atoms with Gasteiger partial charge in [-0.1, -0.05) is 6.07 Å². The predicted octanol–water partition coefficient (Wildman–Crippen LogP) is -0.120. The minimum atomic E-state index is -3.67. The largest absolute Gasteiger partial charge is 0.360 e. The van der Waals surface area contributed by atoms with Crippen LogP contribution in [-0.2, 0) is 24.3 Å². The predicted molar refractivity (Wildman–Crippen MR) is 86.7 cm³/mol. The van der Waals surface area contributed by atoms with Crippen LogP contribution in [0.15, 0.2) is 21.7 Å². The molecule has 2 fully saturated rings. The molecule has 1 aromatic heterocycles. The van der Waals surface area contributed by atoms with Gasteiger partial charge in [-0.3, -0.25) is 9.59 Å². The van der Waals surface area contributed by atoms with Crippen LogP contribution < -0.4 is 10.6 Å². The Morgan fingerprint density at radius 1 is 1.33 bits per heavy atom. The van der Waals surface area contributed by atoms with E-state index in [0.717, 1.165) is 24.2 Å². The molecule has 1 aliphatic carbocycles. The SMILES string of the molecule is O=C(NCC1OCCCN1S(=O)(=O)c1cccs1)C(=O)NC1CC1. The first-order valence-electron chi connectivity index (χ1n) is 7.74. The van der Waals surface area contributed by atoms with Crippen molar-refractivity contribution in [2.45, 2.75) is 35.7 Å². The number of carbonyl (C=O) groups excluding carboxylic acids is 2. The van der Waals surface area contributed by atoms with Crippen LogP contribution >= 0.6 is 11.3 Å². The Morgan fingerprint density at radius 3 is 2.79 bits per heavy atom. The summed E-state index contributed by atoms with van der Waals surface area (Å²) in [5, 5.41) is 6.73. The van der Waals surface area contributed by atoms with E-state index in [4.69, 9.17) is 4.74 Å². The summed E-state index contributed by atoms with van der Waals surface area (Å²) < 4.78 is 32.3. The lowest BCUT2D eigenvalue weighted by molar-refractivity contribution is -0.140. The maximum absolute atomic E-state index is 12.7. The average Bonchev–Trinajstić information content (AvgIpc) is 3.20. The minimum absolute atomic E-state index is 0.0679. The number of thiophene rings is 1. The van der Waals surface area contributed by atoms with Crippen LogP contribution in [0.3, 0.4) is 0 Å². The molecule has 3 rings (SSSR count). The molecule has 10 heteroatoms. The van der Waals surface area contributed by atoms with Crippen molar-refractivity contribution in [3.8, 4) is 0 Å². The van der Waals surface area contributed by atoms with Gasteiger partial charge in [0, 0.05) is 12.6 Å². The number of carbonyl (C=O) groups is 2. The van der Waals surface area contributed by atoms with Crippen molar-refractivity contribution in [2.75, 3.05) is 19.7 Å². The number of nitrogens with one attached hydrogen (secondary N) is 2. The van der Waals surface area contributed by atoms with E-state index < -0.39 is 28.1 Å². The van der Waals surface area contributed by atoms with Crippen molar-refractivity contribution >= 4 is 33.2 Å². The van der Waals surface area contributed by atoms with E-state index in [-0.39, 0.29) is 16.8 Å². The van der Waals surface area contributed by atoms with Crippen molar-refractivity contribution in [2.24, 2.45) is 0 Å². The van der Waals surface area contributed by atoms with Gasteiger partial charge in [0.15, 0.2) is 0 Å². The van der Waals surface area contributed by atoms with Gasteiger partial charge >= 0.3 is 11.8 Å². The molecule has 2 N–H and O–H groups in total. The lowest BCUT2D eigenvalue weighted by atomic mass is 10.3. The molecule has 0 bridgehead atoms. The molecular formula is C14H19N3O5S2. The van der Waals surface area contributed by atoms with E-state index in [1.807, 2.05) is 0 Å². The summed E-state index contributed by atoms with van der Waals surface area (Å²) in [7, 11) is -3.67. The van der Waals surface area contributed by atoms with Crippen LogP contribution in [0.4, 0.5) is 0 Å². The van der Waals surface area contributed by atoms with Crippen LogP contribution in [0.5, 0.6) is 0 Å². The van der Waals surface area contributed by atoms with Gasteiger partial charge in [-0.05, 0) is 30.7 Å². The lowest BCUT2D eigenvalue weighted by Crippen LogP contribution is -2.53. The normalized spacial score (nSPS) is 22.1. The third-order valence-corrected chi connectivity index (χ3v) is 7.03. The standard InChI is InChI=1S/C14H19N3O5S2/c18-13(14(19)16-10-4-5-10)15-9-11-17(6-2-7-22-11)24(20,21)12-3-1-8-23-12/h1,3,8,10-11H,2,4-7,9H2,(H,15,18)(H,16,19). The highest BCUT2D eigenvalue weighted by molar-refractivity contribution is 7.91.